The first-order valence-electron chi connectivity index (χ1n) is 10.5. The first kappa shape index (κ1) is 19.9. The summed E-state index contributed by atoms with van der Waals surface area (Å²) in [6.07, 6.45) is 0. The van der Waals surface area contributed by atoms with Gasteiger partial charge in [0.05, 0.1) is 44.8 Å². The third-order valence-electron chi connectivity index (χ3n) is 5.24. The zero-order valence-electron chi connectivity index (χ0n) is 17.9. The van der Waals surface area contributed by atoms with Crippen molar-refractivity contribution in [3.8, 4) is 11.5 Å². The first-order valence-corrected chi connectivity index (χ1v) is 10.5. The van der Waals surface area contributed by atoms with Gasteiger partial charge in [0.2, 0.25) is 0 Å². The summed E-state index contributed by atoms with van der Waals surface area (Å²) in [5.74, 6) is 1.41. The highest BCUT2D eigenvalue weighted by atomic mass is 16.5. The predicted molar refractivity (Wildman–Crippen MR) is 124 cm³/mol. The van der Waals surface area contributed by atoms with Crippen molar-refractivity contribution in [3.63, 3.8) is 0 Å². The molecule has 0 spiro atoms. The topological polar surface area (TPSA) is 70.0 Å². The average molecular weight is 422 g/mol. The van der Waals surface area contributed by atoms with Crippen LogP contribution in [-0.4, -0.2) is 19.9 Å². The molecule has 158 valence electrons. The molecule has 0 aliphatic rings. The van der Waals surface area contributed by atoms with E-state index >= 15 is 0 Å². The van der Waals surface area contributed by atoms with Gasteiger partial charge in [-0.05, 0) is 50.2 Å². The number of para-hydroxylation sites is 4. The Morgan fingerprint density at radius 3 is 1.38 bits per heavy atom. The third kappa shape index (κ3) is 4.21. The van der Waals surface area contributed by atoms with Crippen LogP contribution in [0.25, 0.3) is 22.1 Å². The molecule has 5 aromatic rings. The SMILES string of the molecule is Cc1nc2ccccc2nc1COc1cccc(OCc2nc3ccccc3nc2C)c1. The monoisotopic (exact) mass is 422 g/mol. The van der Waals surface area contributed by atoms with Crippen LogP contribution in [0, 0.1) is 13.8 Å². The highest BCUT2D eigenvalue weighted by Gasteiger charge is 2.08. The van der Waals surface area contributed by atoms with E-state index < -0.39 is 0 Å². The molecular weight excluding hydrogens is 400 g/mol. The molecule has 32 heavy (non-hydrogen) atoms. The highest BCUT2D eigenvalue weighted by molar-refractivity contribution is 5.74. The van der Waals surface area contributed by atoms with Gasteiger partial charge in [-0.2, -0.15) is 0 Å². The molecule has 0 saturated carbocycles. The molecule has 0 atom stereocenters. The summed E-state index contributed by atoms with van der Waals surface area (Å²) >= 11 is 0. The van der Waals surface area contributed by atoms with Gasteiger partial charge >= 0.3 is 0 Å². The molecule has 3 aromatic carbocycles. The van der Waals surface area contributed by atoms with Crippen molar-refractivity contribution in [2.75, 3.05) is 0 Å². The molecule has 0 N–H and O–H groups in total. The van der Waals surface area contributed by atoms with Gasteiger partial charge in [-0.15, -0.1) is 0 Å². The average Bonchev–Trinajstić information content (AvgIpc) is 2.81. The lowest BCUT2D eigenvalue weighted by atomic mass is 10.2. The number of rotatable bonds is 6. The van der Waals surface area contributed by atoms with Crippen LogP contribution >= 0.6 is 0 Å². The van der Waals surface area contributed by atoms with Crippen molar-refractivity contribution in [1.82, 2.24) is 19.9 Å². The Labute approximate surface area is 185 Å². The number of nitrogens with zero attached hydrogens (tertiary/aromatic N) is 4. The number of aromatic nitrogens is 4. The van der Waals surface area contributed by atoms with Crippen LogP contribution in [0.1, 0.15) is 22.8 Å². The first-order chi connectivity index (χ1) is 15.7. The Kier molecular flexibility index (Phi) is 5.34. The molecule has 5 rings (SSSR count). The minimum absolute atomic E-state index is 0.336. The Morgan fingerprint density at radius 2 is 0.938 bits per heavy atom. The number of aryl methyl sites for hydroxylation is 2. The number of benzene rings is 3. The standard InChI is InChI=1S/C26H22N4O2/c1-17-25(29-23-12-5-3-10-21(23)27-17)15-31-19-8-7-9-20(14-19)32-16-26-18(2)28-22-11-4-6-13-24(22)30-26/h3-14H,15-16H2,1-2H3. The van der Waals surface area contributed by atoms with Gasteiger partial charge in [0.1, 0.15) is 24.7 Å². The van der Waals surface area contributed by atoms with E-state index in [0.29, 0.717) is 24.7 Å². The molecule has 2 heterocycles. The number of hydrogen-bond acceptors (Lipinski definition) is 6. The van der Waals surface area contributed by atoms with Crippen molar-refractivity contribution in [3.05, 3.63) is 95.6 Å². The van der Waals surface area contributed by atoms with Gasteiger partial charge in [-0.3, -0.25) is 0 Å². The van der Waals surface area contributed by atoms with Gasteiger partial charge in [0.15, 0.2) is 0 Å². The number of hydrogen-bond donors (Lipinski definition) is 0. The van der Waals surface area contributed by atoms with Crippen molar-refractivity contribution < 1.29 is 9.47 Å². The van der Waals surface area contributed by atoms with E-state index in [-0.39, 0.29) is 0 Å². The highest BCUT2D eigenvalue weighted by Crippen LogP contribution is 2.23. The summed E-state index contributed by atoms with van der Waals surface area (Å²) in [5.41, 5.74) is 6.85. The second-order valence-corrected chi connectivity index (χ2v) is 7.54. The van der Waals surface area contributed by atoms with E-state index in [1.165, 1.54) is 0 Å². The molecule has 0 bridgehead atoms. The maximum Gasteiger partial charge on any atom is 0.132 e. The van der Waals surface area contributed by atoms with Crippen molar-refractivity contribution in [2.45, 2.75) is 27.1 Å². The van der Waals surface area contributed by atoms with Crippen molar-refractivity contribution in [1.29, 1.82) is 0 Å². The van der Waals surface area contributed by atoms with Gasteiger partial charge in [-0.25, -0.2) is 19.9 Å². The third-order valence-corrected chi connectivity index (χ3v) is 5.24. The van der Waals surface area contributed by atoms with Crippen LogP contribution < -0.4 is 9.47 Å². The lowest BCUT2D eigenvalue weighted by Gasteiger charge is -2.11. The van der Waals surface area contributed by atoms with Gasteiger partial charge in [0.25, 0.3) is 0 Å². The molecule has 0 radical (unpaired) electrons. The normalized spacial score (nSPS) is 11.1. The van der Waals surface area contributed by atoms with E-state index in [0.717, 1.165) is 44.8 Å². The lowest BCUT2D eigenvalue weighted by molar-refractivity contribution is 0.284. The van der Waals surface area contributed by atoms with Crippen molar-refractivity contribution >= 4 is 22.1 Å². The van der Waals surface area contributed by atoms with E-state index in [1.54, 1.807) is 0 Å². The molecule has 2 aromatic heterocycles. The van der Waals surface area contributed by atoms with Crippen LogP contribution in [-0.2, 0) is 13.2 Å². The zero-order chi connectivity index (χ0) is 21.9. The summed E-state index contributed by atoms with van der Waals surface area (Å²) in [6.45, 7) is 4.57. The Balaban J connectivity index is 1.28. The van der Waals surface area contributed by atoms with E-state index in [2.05, 4.69) is 19.9 Å². The fourth-order valence-electron chi connectivity index (χ4n) is 3.48. The fraction of sp³-hybridized carbons (Fsp3) is 0.154. The molecule has 0 amide bonds. The molecule has 0 fully saturated rings. The summed E-state index contributed by atoms with van der Waals surface area (Å²) < 4.78 is 12.0. The molecule has 0 unspecified atom stereocenters. The van der Waals surface area contributed by atoms with Gasteiger partial charge < -0.3 is 9.47 Å². The zero-order valence-corrected chi connectivity index (χ0v) is 17.9. The second-order valence-electron chi connectivity index (χ2n) is 7.54. The van der Waals surface area contributed by atoms with E-state index in [4.69, 9.17) is 9.47 Å². The molecule has 0 aliphatic carbocycles. The van der Waals surface area contributed by atoms with E-state index in [1.807, 2.05) is 86.6 Å². The van der Waals surface area contributed by atoms with Gasteiger partial charge in [0, 0.05) is 6.07 Å². The maximum absolute atomic E-state index is 5.99. The summed E-state index contributed by atoms with van der Waals surface area (Å²) in [6, 6.07) is 23.2. The molecule has 6 nitrogen and oxygen atoms in total. The fourth-order valence-corrected chi connectivity index (χ4v) is 3.48. The molecule has 0 saturated heterocycles. The summed E-state index contributed by atoms with van der Waals surface area (Å²) in [4.78, 5) is 18.6. The molecule has 0 aliphatic heterocycles. The Morgan fingerprint density at radius 1 is 0.531 bits per heavy atom. The van der Waals surface area contributed by atoms with Crippen LogP contribution in [0.5, 0.6) is 11.5 Å². The molecule has 6 heteroatoms. The van der Waals surface area contributed by atoms with Crippen LogP contribution in [0.2, 0.25) is 0 Å². The smallest absolute Gasteiger partial charge is 0.132 e. The van der Waals surface area contributed by atoms with Crippen LogP contribution in [0.15, 0.2) is 72.8 Å². The molecular formula is C26H22N4O2. The van der Waals surface area contributed by atoms with E-state index in [9.17, 15) is 0 Å². The minimum Gasteiger partial charge on any atom is -0.487 e. The van der Waals surface area contributed by atoms with Crippen LogP contribution in [0.3, 0.4) is 0 Å². The quantitative estimate of drug-likeness (QED) is 0.367. The Hall–Kier alpha value is -4.06. The summed E-state index contributed by atoms with van der Waals surface area (Å²) in [7, 11) is 0. The summed E-state index contributed by atoms with van der Waals surface area (Å²) in [5, 5.41) is 0. The maximum atomic E-state index is 5.99. The lowest BCUT2D eigenvalue weighted by Crippen LogP contribution is -2.05. The van der Waals surface area contributed by atoms with Crippen LogP contribution in [0.4, 0.5) is 0 Å². The largest absolute Gasteiger partial charge is 0.487 e. The minimum atomic E-state index is 0.336. The number of fused-ring (bicyclic) bond motifs is 2. The number of ether oxygens (including phenoxy) is 2. The van der Waals surface area contributed by atoms with Gasteiger partial charge in [-0.1, -0.05) is 30.3 Å². The predicted octanol–water partition coefficient (Wildman–Crippen LogP) is 5.35. The Bertz CT molecular complexity index is 1310. The second kappa shape index (κ2) is 8.59. The van der Waals surface area contributed by atoms with Crippen molar-refractivity contribution in [2.24, 2.45) is 0 Å².